The molecule has 1 aliphatic carbocycles. The van der Waals surface area contributed by atoms with Gasteiger partial charge in [0.15, 0.2) is 0 Å². The van der Waals surface area contributed by atoms with E-state index in [0.29, 0.717) is 12.2 Å². The second-order valence-electron chi connectivity index (χ2n) is 6.57. The predicted octanol–water partition coefficient (Wildman–Crippen LogP) is 3.55. The van der Waals surface area contributed by atoms with E-state index in [1.807, 2.05) is 6.26 Å². The summed E-state index contributed by atoms with van der Waals surface area (Å²) in [5, 5.41) is 16.7. The molecule has 0 spiro atoms. The lowest BCUT2D eigenvalue weighted by Crippen LogP contribution is -2.50. The molecule has 0 unspecified atom stereocenters. The van der Waals surface area contributed by atoms with Gasteiger partial charge in [-0.3, -0.25) is 19.7 Å². The molecule has 1 aliphatic rings. The smallest absolute Gasteiger partial charge is 0.288 e. The van der Waals surface area contributed by atoms with Crippen LogP contribution in [0.2, 0.25) is 5.02 Å². The van der Waals surface area contributed by atoms with E-state index in [1.165, 1.54) is 18.6 Å². The summed E-state index contributed by atoms with van der Waals surface area (Å²) in [4.78, 5) is 35.6. The third-order valence-corrected chi connectivity index (χ3v) is 5.55. The SMILES string of the molecule is CSCC[C@H](NC(=O)c1ccc(Cl)c([N+](=O)[O-])c1)C(=O)NC1CCCCC1. The van der Waals surface area contributed by atoms with Crippen LogP contribution in [0.5, 0.6) is 0 Å². The molecule has 0 aromatic heterocycles. The molecule has 1 saturated carbocycles. The molecular formula is C18H24ClN3O4S. The van der Waals surface area contributed by atoms with Gasteiger partial charge in [-0.1, -0.05) is 30.9 Å². The molecule has 1 aromatic rings. The van der Waals surface area contributed by atoms with Gasteiger partial charge in [0.2, 0.25) is 5.91 Å². The lowest BCUT2D eigenvalue weighted by Gasteiger charge is -2.26. The largest absolute Gasteiger partial charge is 0.352 e. The number of nitrogens with zero attached hydrogens (tertiary/aromatic N) is 1. The molecule has 0 bridgehead atoms. The lowest BCUT2D eigenvalue weighted by molar-refractivity contribution is -0.384. The summed E-state index contributed by atoms with van der Waals surface area (Å²) in [5.74, 6) is -0.0171. The van der Waals surface area contributed by atoms with Crippen LogP contribution in [-0.4, -0.2) is 40.8 Å². The van der Waals surface area contributed by atoms with E-state index in [1.54, 1.807) is 11.8 Å². The molecule has 1 aromatic carbocycles. The summed E-state index contributed by atoms with van der Waals surface area (Å²) in [7, 11) is 0. The molecule has 7 nitrogen and oxygen atoms in total. The van der Waals surface area contributed by atoms with Crippen molar-refractivity contribution >= 4 is 40.9 Å². The number of nitro benzene ring substituents is 1. The Morgan fingerprint density at radius 3 is 2.67 bits per heavy atom. The third-order valence-electron chi connectivity index (χ3n) is 4.59. The zero-order valence-corrected chi connectivity index (χ0v) is 16.8. The van der Waals surface area contributed by atoms with Crippen LogP contribution in [0.4, 0.5) is 5.69 Å². The van der Waals surface area contributed by atoms with Crippen molar-refractivity contribution in [3.63, 3.8) is 0 Å². The monoisotopic (exact) mass is 413 g/mol. The highest BCUT2D eigenvalue weighted by atomic mass is 35.5. The van der Waals surface area contributed by atoms with Crippen LogP contribution in [0.1, 0.15) is 48.9 Å². The van der Waals surface area contributed by atoms with Crippen molar-refractivity contribution in [3.05, 3.63) is 38.9 Å². The Balaban J connectivity index is 2.07. The molecule has 1 atom stereocenters. The summed E-state index contributed by atoms with van der Waals surface area (Å²) in [5.41, 5.74) is -0.234. The van der Waals surface area contributed by atoms with Crippen molar-refractivity contribution in [3.8, 4) is 0 Å². The Kier molecular flexibility index (Phi) is 8.37. The number of nitrogens with one attached hydrogen (secondary N) is 2. The van der Waals surface area contributed by atoms with Gasteiger partial charge in [-0.25, -0.2) is 0 Å². The maximum Gasteiger partial charge on any atom is 0.288 e. The van der Waals surface area contributed by atoms with Crippen LogP contribution in [0.3, 0.4) is 0 Å². The molecule has 0 heterocycles. The predicted molar refractivity (Wildman–Crippen MR) is 107 cm³/mol. The van der Waals surface area contributed by atoms with Crippen molar-refractivity contribution in [1.82, 2.24) is 10.6 Å². The number of halogens is 1. The van der Waals surface area contributed by atoms with E-state index in [0.717, 1.165) is 31.7 Å². The molecule has 148 valence electrons. The van der Waals surface area contributed by atoms with Crippen LogP contribution in [0, 0.1) is 10.1 Å². The van der Waals surface area contributed by atoms with E-state index in [-0.39, 0.29) is 28.2 Å². The van der Waals surface area contributed by atoms with E-state index < -0.39 is 16.9 Å². The molecule has 2 N–H and O–H groups in total. The Labute approximate surface area is 167 Å². The molecule has 0 radical (unpaired) electrons. The number of carbonyl (C=O) groups is 2. The fourth-order valence-corrected chi connectivity index (χ4v) is 3.75. The normalized spacial score (nSPS) is 15.8. The third kappa shape index (κ3) is 6.39. The number of hydrogen-bond acceptors (Lipinski definition) is 5. The van der Waals surface area contributed by atoms with Crippen LogP contribution in [0.15, 0.2) is 18.2 Å². The van der Waals surface area contributed by atoms with E-state index in [9.17, 15) is 19.7 Å². The molecule has 27 heavy (non-hydrogen) atoms. The molecule has 2 amide bonds. The fourth-order valence-electron chi connectivity index (χ4n) is 3.09. The summed E-state index contributed by atoms with van der Waals surface area (Å²) >= 11 is 7.38. The van der Waals surface area contributed by atoms with Crippen LogP contribution >= 0.6 is 23.4 Å². The van der Waals surface area contributed by atoms with E-state index >= 15 is 0 Å². The first kappa shape index (κ1) is 21.5. The van der Waals surface area contributed by atoms with E-state index in [2.05, 4.69) is 10.6 Å². The zero-order chi connectivity index (χ0) is 19.8. The molecule has 1 fully saturated rings. The van der Waals surface area contributed by atoms with Gasteiger partial charge in [0.05, 0.1) is 4.92 Å². The zero-order valence-electron chi connectivity index (χ0n) is 15.2. The Bertz CT molecular complexity index is 695. The van der Waals surface area contributed by atoms with Crippen LogP contribution < -0.4 is 10.6 Å². The Morgan fingerprint density at radius 2 is 2.04 bits per heavy atom. The number of nitro groups is 1. The summed E-state index contributed by atoms with van der Waals surface area (Å²) in [6.07, 6.45) is 7.72. The van der Waals surface area contributed by atoms with Crippen LogP contribution in [-0.2, 0) is 4.79 Å². The van der Waals surface area contributed by atoms with Crippen molar-refractivity contribution in [1.29, 1.82) is 0 Å². The Morgan fingerprint density at radius 1 is 1.33 bits per heavy atom. The molecule has 9 heteroatoms. The van der Waals surface area contributed by atoms with Gasteiger partial charge >= 0.3 is 0 Å². The summed E-state index contributed by atoms with van der Waals surface area (Å²) in [6, 6.07) is 3.32. The van der Waals surface area contributed by atoms with Gasteiger partial charge in [0.1, 0.15) is 11.1 Å². The van der Waals surface area contributed by atoms with Gasteiger partial charge in [-0.2, -0.15) is 11.8 Å². The van der Waals surface area contributed by atoms with E-state index in [4.69, 9.17) is 11.6 Å². The van der Waals surface area contributed by atoms with Crippen molar-refractivity contribution in [2.45, 2.75) is 50.6 Å². The van der Waals surface area contributed by atoms with Gasteiger partial charge in [-0.05, 0) is 43.4 Å². The minimum atomic E-state index is -0.679. The quantitative estimate of drug-likeness (QED) is 0.501. The fraction of sp³-hybridized carbons (Fsp3) is 0.556. The number of hydrogen-bond donors (Lipinski definition) is 2. The number of carbonyl (C=O) groups excluding carboxylic acids is 2. The standard InChI is InChI=1S/C18H24ClN3O4S/c1-27-10-9-15(18(24)20-13-5-3-2-4-6-13)21-17(23)12-7-8-14(19)16(11-12)22(25)26/h7-8,11,13,15H,2-6,9-10H2,1H3,(H,20,24)(H,21,23)/t15-/m0/s1. The minimum absolute atomic E-state index is 0.0366. The second-order valence-corrected chi connectivity index (χ2v) is 7.97. The average molecular weight is 414 g/mol. The van der Waals surface area contributed by atoms with Gasteiger partial charge in [0.25, 0.3) is 11.6 Å². The van der Waals surface area contributed by atoms with Gasteiger partial charge < -0.3 is 10.6 Å². The topological polar surface area (TPSA) is 101 Å². The van der Waals surface area contributed by atoms with Gasteiger partial charge in [-0.15, -0.1) is 0 Å². The van der Waals surface area contributed by atoms with Crippen LogP contribution in [0.25, 0.3) is 0 Å². The second kappa shape index (κ2) is 10.5. The first-order valence-corrected chi connectivity index (χ1v) is 10.7. The van der Waals surface area contributed by atoms with Gasteiger partial charge in [0, 0.05) is 17.7 Å². The minimum Gasteiger partial charge on any atom is -0.352 e. The highest BCUT2D eigenvalue weighted by molar-refractivity contribution is 7.98. The molecule has 2 rings (SSSR count). The first-order chi connectivity index (χ1) is 12.9. The number of rotatable bonds is 8. The highest BCUT2D eigenvalue weighted by Gasteiger charge is 2.25. The number of benzene rings is 1. The van der Waals surface area contributed by atoms with Crippen molar-refractivity contribution < 1.29 is 14.5 Å². The van der Waals surface area contributed by atoms with Crippen molar-refractivity contribution in [2.24, 2.45) is 0 Å². The Hall–Kier alpha value is -1.80. The molecule has 0 aliphatic heterocycles. The summed E-state index contributed by atoms with van der Waals surface area (Å²) < 4.78 is 0. The maximum atomic E-state index is 12.6. The molecular weight excluding hydrogens is 390 g/mol. The average Bonchev–Trinajstić information content (AvgIpc) is 2.65. The lowest BCUT2D eigenvalue weighted by atomic mass is 9.95. The number of thioether (sulfide) groups is 1. The summed E-state index contributed by atoms with van der Waals surface area (Å²) in [6.45, 7) is 0. The number of amides is 2. The maximum absolute atomic E-state index is 12.6. The molecule has 0 saturated heterocycles. The highest BCUT2D eigenvalue weighted by Crippen LogP contribution is 2.25. The van der Waals surface area contributed by atoms with Crippen molar-refractivity contribution in [2.75, 3.05) is 12.0 Å². The first-order valence-electron chi connectivity index (χ1n) is 8.96.